The van der Waals surface area contributed by atoms with Gasteiger partial charge in [-0.05, 0) is 37.6 Å². The lowest BCUT2D eigenvalue weighted by Crippen LogP contribution is -2.25. The second-order valence-electron chi connectivity index (χ2n) is 4.40. The van der Waals surface area contributed by atoms with Gasteiger partial charge in [0.2, 0.25) is 0 Å². The van der Waals surface area contributed by atoms with Crippen molar-refractivity contribution >= 4 is 0 Å². The zero-order chi connectivity index (χ0) is 11.5. The SMILES string of the molecule is CNC(c1ccc(F)c(C)c1)C1CCOC1. The van der Waals surface area contributed by atoms with Crippen LogP contribution in [0.5, 0.6) is 0 Å². The van der Waals surface area contributed by atoms with E-state index in [4.69, 9.17) is 4.74 Å². The zero-order valence-electron chi connectivity index (χ0n) is 9.79. The predicted octanol–water partition coefficient (Wildman–Crippen LogP) is 2.43. The fourth-order valence-corrected chi connectivity index (χ4v) is 2.35. The summed E-state index contributed by atoms with van der Waals surface area (Å²) in [6.45, 7) is 3.43. The van der Waals surface area contributed by atoms with Crippen LogP contribution in [0.4, 0.5) is 4.39 Å². The maximum absolute atomic E-state index is 13.2. The molecule has 2 rings (SSSR count). The molecule has 0 spiro atoms. The largest absolute Gasteiger partial charge is 0.381 e. The summed E-state index contributed by atoms with van der Waals surface area (Å²) >= 11 is 0. The number of benzene rings is 1. The molecule has 1 aliphatic heterocycles. The molecule has 1 aliphatic rings. The Morgan fingerprint density at radius 1 is 1.50 bits per heavy atom. The molecule has 0 radical (unpaired) electrons. The van der Waals surface area contributed by atoms with Gasteiger partial charge in [0.1, 0.15) is 5.82 Å². The lowest BCUT2D eigenvalue weighted by Gasteiger charge is -2.22. The van der Waals surface area contributed by atoms with Gasteiger partial charge in [0.15, 0.2) is 0 Å². The molecule has 1 aromatic carbocycles. The molecule has 1 aromatic rings. The number of ether oxygens (including phenoxy) is 1. The minimum atomic E-state index is -0.138. The molecule has 1 saturated heterocycles. The monoisotopic (exact) mass is 223 g/mol. The van der Waals surface area contributed by atoms with Crippen LogP contribution >= 0.6 is 0 Å². The number of aryl methyl sites for hydroxylation is 1. The topological polar surface area (TPSA) is 21.3 Å². The van der Waals surface area contributed by atoms with E-state index in [1.165, 1.54) is 0 Å². The summed E-state index contributed by atoms with van der Waals surface area (Å²) < 4.78 is 18.6. The van der Waals surface area contributed by atoms with Crippen LogP contribution < -0.4 is 5.32 Å². The first-order valence-corrected chi connectivity index (χ1v) is 5.73. The summed E-state index contributed by atoms with van der Waals surface area (Å²) in [6, 6.07) is 5.60. The molecular weight excluding hydrogens is 205 g/mol. The fourth-order valence-electron chi connectivity index (χ4n) is 2.35. The highest BCUT2D eigenvalue weighted by molar-refractivity contribution is 5.27. The Balaban J connectivity index is 2.22. The highest BCUT2D eigenvalue weighted by Gasteiger charge is 2.25. The van der Waals surface area contributed by atoms with Crippen LogP contribution in [0.3, 0.4) is 0 Å². The van der Waals surface area contributed by atoms with E-state index in [-0.39, 0.29) is 11.9 Å². The minimum absolute atomic E-state index is 0.138. The minimum Gasteiger partial charge on any atom is -0.381 e. The Bertz CT molecular complexity index is 361. The summed E-state index contributed by atoms with van der Waals surface area (Å²) in [4.78, 5) is 0. The van der Waals surface area contributed by atoms with E-state index >= 15 is 0 Å². The van der Waals surface area contributed by atoms with Crippen molar-refractivity contribution in [2.75, 3.05) is 20.3 Å². The number of nitrogens with one attached hydrogen (secondary N) is 1. The van der Waals surface area contributed by atoms with Gasteiger partial charge in [0.25, 0.3) is 0 Å². The average molecular weight is 223 g/mol. The summed E-state index contributed by atoms with van der Waals surface area (Å²) in [5.41, 5.74) is 1.86. The van der Waals surface area contributed by atoms with Crippen LogP contribution in [0.15, 0.2) is 18.2 Å². The molecule has 0 aromatic heterocycles. The van der Waals surface area contributed by atoms with E-state index in [0.29, 0.717) is 11.5 Å². The van der Waals surface area contributed by atoms with E-state index < -0.39 is 0 Å². The molecule has 1 heterocycles. The average Bonchev–Trinajstić information content (AvgIpc) is 2.78. The standard InChI is InChI=1S/C13H18FNO/c1-9-7-10(3-4-12(9)14)13(15-2)11-5-6-16-8-11/h3-4,7,11,13,15H,5-6,8H2,1-2H3. The second-order valence-corrected chi connectivity index (χ2v) is 4.40. The number of halogens is 1. The first-order chi connectivity index (χ1) is 7.72. The third-order valence-electron chi connectivity index (χ3n) is 3.29. The van der Waals surface area contributed by atoms with Crippen LogP contribution in [0.25, 0.3) is 0 Å². The first kappa shape index (κ1) is 11.6. The fraction of sp³-hybridized carbons (Fsp3) is 0.538. The van der Waals surface area contributed by atoms with Gasteiger partial charge in [-0.15, -0.1) is 0 Å². The Hall–Kier alpha value is -0.930. The van der Waals surface area contributed by atoms with Crippen LogP contribution in [0.1, 0.15) is 23.6 Å². The molecule has 2 unspecified atom stereocenters. The molecule has 1 fully saturated rings. The first-order valence-electron chi connectivity index (χ1n) is 5.73. The Morgan fingerprint density at radius 3 is 2.88 bits per heavy atom. The molecule has 0 aliphatic carbocycles. The van der Waals surface area contributed by atoms with Gasteiger partial charge in [-0.25, -0.2) is 4.39 Å². The van der Waals surface area contributed by atoms with E-state index in [1.807, 2.05) is 19.2 Å². The lowest BCUT2D eigenvalue weighted by atomic mass is 9.91. The molecule has 0 amide bonds. The molecule has 2 atom stereocenters. The van der Waals surface area contributed by atoms with Crippen LogP contribution in [-0.2, 0) is 4.74 Å². The van der Waals surface area contributed by atoms with E-state index in [1.54, 1.807) is 13.0 Å². The van der Waals surface area contributed by atoms with Crippen molar-refractivity contribution in [1.29, 1.82) is 0 Å². The highest BCUT2D eigenvalue weighted by atomic mass is 19.1. The smallest absolute Gasteiger partial charge is 0.126 e. The van der Waals surface area contributed by atoms with Gasteiger partial charge in [0, 0.05) is 18.6 Å². The normalized spacial score (nSPS) is 22.3. The summed E-state index contributed by atoms with van der Waals surface area (Å²) in [5, 5.41) is 3.30. The van der Waals surface area contributed by atoms with Gasteiger partial charge >= 0.3 is 0 Å². The molecule has 0 bridgehead atoms. The van der Waals surface area contributed by atoms with Crippen LogP contribution in [0, 0.1) is 18.7 Å². The molecule has 2 nitrogen and oxygen atoms in total. The van der Waals surface area contributed by atoms with Crippen molar-refractivity contribution in [2.45, 2.75) is 19.4 Å². The van der Waals surface area contributed by atoms with Crippen molar-refractivity contribution in [3.63, 3.8) is 0 Å². The Kier molecular flexibility index (Phi) is 3.56. The van der Waals surface area contributed by atoms with E-state index in [2.05, 4.69) is 5.32 Å². The Morgan fingerprint density at radius 2 is 2.31 bits per heavy atom. The highest BCUT2D eigenvalue weighted by Crippen LogP contribution is 2.29. The number of hydrogen-bond acceptors (Lipinski definition) is 2. The van der Waals surface area contributed by atoms with Gasteiger partial charge < -0.3 is 10.1 Å². The third kappa shape index (κ3) is 2.25. The maximum atomic E-state index is 13.2. The van der Waals surface area contributed by atoms with E-state index in [0.717, 1.165) is 25.2 Å². The predicted molar refractivity (Wildman–Crippen MR) is 61.9 cm³/mol. The number of hydrogen-bond donors (Lipinski definition) is 1. The molecular formula is C13H18FNO. The van der Waals surface area contributed by atoms with Gasteiger partial charge in [0.05, 0.1) is 6.61 Å². The molecule has 0 saturated carbocycles. The van der Waals surface area contributed by atoms with Gasteiger partial charge in [-0.3, -0.25) is 0 Å². The molecule has 3 heteroatoms. The van der Waals surface area contributed by atoms with Crippen molar-refractivity contribution in [1.82, 2.24) is 5.32 Å². The number of rotatable bonds is 3. The molecule has 1 N–H and O–H groups in total. The summed E-state index contributed by atoms with van der Waals surface area (Å²) in [7, 11) is 1.95. The van der Waals surface area contributed by atoms with Crippen molar-refractivity contribution in [3.8, 4) is 0 Å². The van der Waals surface area contributed by atoms with Crippen molar-refractivity contribution < 1.29 is 9.13 Å². The Labute approximate surface area is 95.8 Å². The quantitative estimate of drug-likeness (QED) is 0.849. The van der Waals surface area contributed by atoms with Crippen LogP contribution in [0.2, 0.25) is 0 Å². The summed E-state index contributed by atoms with van der Waals surface area (Å²) in [6.07, 6.45) is 1.07. The van der Waals surface area contributed by atoms with Crippen molar-refractivity contribution in [2.24, 2.45) is 5.92 Å². The third-order valence-corrected chi connectivity index (χ3v) is 3.29. The molecule has 16 heavy (non-hydrogen) atoms. The molecule has 88 valence electrons. The van der Waals surface area contributed by atoms with E-state index in [9.17, 15) is 4.39 Å². The maximum Gasteiger partial charge on any atom is 0.126 e. The summed E-state index contributed by atoms with van der Waals surface area (Å²) in [5.74, 6) is 0.358. The second kappa shape index (κ2) is 4.93. The lowest BCUT2D eigenvalue weighted by molar-refractivity contribution is 0.178. The zero-order valence-corrected chi connectivity index (χ0v) is 9.79. The van der Waals surface area contributed by atoms with Crippen LogP contribution in [-0.4, -0.2) is 20.3 Å². The van der Waals surface area contributed by atoms with Gasteiger partial charge in [-0.2, -0.15) is 0 Å². The van der Waals surface area contributed by atoms with Gasteiger partial charge in [-0.1, -0.05) is 12.1 Å². The van der Waals surface area contributed by atoms with Crippen molar-refractivity contribution in [3.05, 3.63) is 35.1 Å².